The number of rotatable bonds is 21. The third kappa shape index (κ3) is 11.7. The van der Waals surface area contributed by atoms with Gasteiger partial charge in [0, 0.05) is 41.7 Å². The van der Waals surface area contributed by atoms with Crippen molar-refractivity contribution in [2.24, 2.45) is 5.92 Å². The van der Waals surface area contributed by atoms with E-state index < -0.39 is 86.1 Å². The number of aliphatic hydroxyl groups is 1. The van der Waals surface area contributed by atoms with Gasteiger partial charge in [-0.05, 0) is 48.2 Å². The Hall–Kier alpha value is -7.32. The second-order valence-electron chi connectivity index (χ2n) is 16.3. The monoisotopic (exact) mass is 923 g/mol. The lowest BCUT2D eigenvalue weighted by molar-refractivity contribution is -0.172. The Morgan fingerprint density at radius 3 is 2.27 bits per heavy atom. The van der Waals surface area contributed by atoms with Crippen molar-refractivity contribution in [3.63, 3.8) is 0 Å². The van der Waals surface area contributed by atoms with Crippen molar-refractivity contribution in [1.82, 2.24) is 36.1 Å². The first kappa shape index (κ1) is 49.1. The predicted molar refractivity (Wildman–Crippen MR) is 239 cm³/mol. The maximum atomic E-state index is 13.7. The van der Waals surface area contributed by atoms with E-state index in [0.717, 1.165) is 11.1 Å². The van der Waals surface area contributed by atoms with Crippen LogP contribution in [0.3, 0.4) is 0 Å². The molecule has 2 atom stereocenters. The lowest BCUT2D eigenvalue weighted by Gasteiger charge is -2.31. The number of pyridine rings is 2. The predicted octanol–water partition coefficient (Wildman–Crippen LogP) is 0.719. The molecule has 67 heavy (non-hydrogen) atoms. The van der Waals surface area contributed by atoms with Crippen LogP contribution in [0, 0.1) is 5.92 Å². The Morgan fingerprint density at radius 1 is 0.851 bits per heavy atom. The van der Waals surface area contributed by atoms with Gasteiger partial charge in [0.05, 0.1) is 48.6 Å². The maximum absolute atomic E-state index is 13.7. The Balaban J connectivity index is 0.969. The first-order valence-corrected chi connectivity index (χ1v) is 21.9. The first-order valence-electron chi connectivity index (χ1n) is 21.9. The number of Topliss-reactive ketones (excluding diaryl/α,β-unsaturated/α-hetero) is 1. The van der Waals surface area contributed by atoms with Crippen molar-refractivity contribution in [2.75, 3.05) is 33.0 Å². The van der Waals surface area contributed by atoms with Crippen LogP contribution in [0.25, 0.3) is 22.3 Å². The van der Waals surface area contributed by atoms with E-state index in [4.69, 9.17) is 19.2 Å². The number of ketones is 1. The molecule has 0 bridgehead atoms. The molecule has 4 aromatic rings. The van der Waals surface area contributed by atoms with E-state index in [1.807, 2.05) is 6.92 Å². The zero-order valence-corrected chi connectivity index (χ0v) is 37.6. The molecule has 0 radical (unpaired) electrons. The van der Waals surface area contributed by atoms with Crippen molar-refractivity contribution >= 4 is 58.2 Å². The second-order valence-corrected chi connectivity index (χ2v) is 16.3. The lowest BCUT2D eigenvalue weighted by Crippen LogP contribution is -2.52. The van der Waals surface area contributed by atoms with Gasteiger partial charge < -0.3 is 50.5 Å². The van der Waals surface area contributed by atoms with Gasteiger partial charge in [0.15, 0.2) is 5.60 Å². The molecule has 2 aromatic carbocycles. The standard InChI is InChI=1S/C47H53N7O13/c1-5-29-30-17-28(12-13-34(30)53-43-31(29)22-54-36(43)18-33-32(45(54)62)23-66-46(63)47(33,64)6-2)67-42(60)24-65-25-51-40(58)20-50-44(61)35(16-27-10-8-7-9-11-27)52-41(59)21-49-39(57)19-48-38(56)15-14-37(55)26(3)4/h7-13,17-18,26,35,64H,5-6,14-16,19-25H2,1-4H3,(H,48,56)(H,49,57)(H,50,61)(H,51,58)(H,52,59)/t35-,47-/m0/s1. The van der Waals surface area contributed by atoms with E-state index >= 15 is 0 Å². The molecule has 20 nitrogen and oxygen atoms in total. The minimum atomic E-state index is -1.95. The third-order valence-electron chi connectivity index (χ3n) is 11.4. The minimum Gasteiger partial charge on any atom is -0.458 e. The van der Waals surface area contributed by atoms with E-state index in [2.05, 4.69) is 26.6 Å². The van der Waals surface area contributed by atoms with Crippen molar-refractivity contribution in [3.05, 3.63) is 92.8 Å². The number of esters is 2. The zero-order chi connectivity index (χ0) is 48.4. The van der Waals surface area contributed by atoms with Crippen molar-refractivity contribution in [3.8, 4) is 17.1 Å². The van der Waals surface area contributed by atoms with Crippen LogP contribution in [0.2, 0.25) is 0 Å². The summed E-state index contributed by atoms with van der Waals surface area (Å²) < 4.78 is 17.6. The number of aromatic nitrogens is 2. The number of hydrogen-bond acceptors (Lipinski definition) is 14. The van der Waals surface area contributed by atoms with Gasteiger partial charge in [-0.3, -0.25) is 33.6 Å². The van der Waals surface area contributed by atoms with E-state index in [9.17, 15) is 48.3 Å². The SMILES string of the molecule is CCc1c2c(nc3ccc(OC(=O)COCNC(=O)CNC(=O)[C@H](Cc4ccccc4)NC(=O)CNC(=O)CNC(=O)CCC(=O)C(C)C)cc13)-c1cc3c(c(=O)n1C2)COC(=O)[C@]3(O)CC. The number of carbonyl (C=O) groups excluding carboxylic acids is 8. The summed E-state index contributed by atoms with van der Waals surface area (Å²) in [6.07, 6.45) is 0.598. The minimum absolute atomic E-state index is 0.0202. The molecule has 0 fully saturated rings. The van der Waals surface area contributed by atoms with Crippen LogP contribution in [-0.4, -0.2) is 101 Å². The van der Waals surface area contributed by atoms with E-state index in [1.165, 1.54) is 0 Å². The third-order valence-corrected chi connectivity index (χ3v) is 11.4. The largest absolute Gasteiger partial charge is 0.458 e. The Kier molecular flexibility index (Phi) is 16.0. The van der Waals surface area contributed by atoms with E-state index in [-0.39, 0.29) is 73.0 Å². The van der Waals surface area contributed by atoms with Gasteiger partial charge in [-0.1, -0.05) is 58.0 Å². The molecule has 354 valence electrons. The van der Waals surface area contributed by atoms with Crippen LogP contribution in [0.4, 0.5) is 0 Å². The molecule has 2 aliphatic rings. The maximum Gasteiger partial charge on any atom is 0.343 e. The van der Waals surface area contributed by atoms with Gasteiger partial charge in [0.1, 0.15) is 37.5 Å². The first-order chi connectivity index (χ1) is 32.0. The summed E-state index contributed by atoms with van der Waals surface area (Å²) in [7, 11) is 0. The summed E-state index contributed by atoms with van der Waals surface area (Å²) in [5, 5.41) is 24.1. The van der Waals surface area contributed by atoms with Crippen LogP contribution >= 0.6 is 0 Å². The fourth-order valence-electron chi connectivity index (χ4n) is 7.73. The summed E-state index contributed by atoms with van der Waals surface area (Å²) in [6.45, 7) is 4.63. The van der Waals surface area contributed by atoms with Gasteiger partial charge in [0.25, 0.3) is 5.56 Å². The number of nitrogens with zero attached hydrogens (tertiary/aromatic N) is 2. The van der Waals surface area contributed by atoms with Gasteiger partial charge in [0.2, 0.25) is 29.5 Å². The highest BCUT2D eigenvalue weighted by atomic mass is 16.6. The van der Waals surface area contributed by atoms with Crippen LogP contribution in [0.15, 0.2) is 59.4 Å². The molecular weight excluding hydrogens is 871 g/mol. The summed E-state index contributed by atoms with van der Waals surface area (Å²) in [4.78, 5) is 118. The second kappa shape index (κ2) is 21.8. The molecule has 2 aromatic heterocycles. The summed E-state index contributed by atoms with van der Waals surface area (Å²) in [5.74, 6) is -4.87. The number of amides is 5. The molecule has 2 aliphatic heterocycles. The number of cyclic esters (lactones) is 1. The molecule has 5 amide bonds. The highest BCUT2D eigenvalue weighted by Crippen LogP contribution is 2.40. The number of hydrogen-bond donors (Lipinski definition) is 6. The van der Waals surface area contributed by atoms with Gasteiger partial charge in [-0.25, -0.2) is 14.6 Å². The molecule has 0 unspecified atom stereocenters. The highest BCUT2D eigenvalue weighted by Gasteiger charge is 2.45. The summed E-state index contributed by atoms with van der Waals surface area (Å²) >= 11 is 0. The fraction of sp³-hybridized carbons (Fsp3) is 0.404. The topological polar surface area (TPSA) is 280 Å². The molecule has 0 saturated carbocycles. The van der Waals surface area contributed by atoms with Crippen molar-refractivity contribution in [1.29, 1.82) is 0 Å². The fourth-order valence-corrected chi connectivity index (χ4v) is 7.73. The number of fused-ring (bicyclic) bond motifs is 5. The molecule has 0 spiro atoms. The molecule has 0 saturated heterocycles. The average Bonchev–Trinajstić information content (AvgIpc) is 3.68. The number of benzene rings is 2. The van der Waals surface area contributed by atoms with Gasteiger partial charge in [-0.15, -0.1) is 0 Å². The normalized spacial score (nSPS) is 15.0. The molecule has 6 N–H and O–H groups in total. The van der Waals surface area contributed by atoms with Crippen LogP contribution in [-0.2, 0) is 79.4 Å². The smallest absolute Gasteiger partial charge is 0.343 e. The van der Waals surface area contributed by atoms with Crippen molar-refractivity contribution in [2.45, 2.75) is 84.6 Å². The lowest BCUT2D eigenvalue weighted by atomic mass is 9.86. The number of carbonyl (C=O) groups is 8. The average molecular weight is 924 g/mol. The zero-order valence-electron chi connectivity index (χ0n) is 37.6. The highest BCUT2D eigenvalue weighted by molar-refractivity contribution is 5.94. The molecule has 4 heterocycles. The van der Waals surface area contributed by atoms with Crippen molar-refractivity contribution < 1.29 is 57.7 Å². The van der Waals surface area contributed by atoms with Crippen LogP contribution < -0.4 is 36.9 Å². The Morgan fingerprint density at radius 2 is 1.55 bits per heavy atom. The number of nitrogens with one attached hydrogen (secondary N) is 5. The molecule has 20 heteroatoms. The van der Waals surface area contributed by atoms with Crippen LogP contribution in [0.5, 0.6) is 5.75 Å². The van der Waals surface area contributed by atoms with E-state index in [1.54, 1.807) is 79.9 Å². The molecule has 0 aliphatic carbocycles. The Labute approximate surface area is 384 Å². The van der Waals surface area contributed by atoms with Crippen LogP contribution in [0.1, 0.15) is 74.8 Å². The molecular formula is C47H53N7O13. The quantitative estimate of drug-likeness (QED) is 0.0256. The number of ether oxygens (including phenoxy) is 3. The van der Waals surface area contributed by atoms with E-state index in [0.29, 0.717) is 34.3 Å². The van der Waals surface area contributed by atoms with Gasteiger partial charge >= 0.3 is 11.9 Å². The Bertz CT molecular complexity index is 2660. The molecule has 6 rings (SSSR count). The summed E-state index contributed by atoms with van der Waals surface area (Å²) in [5.41, 5.74) is 2.05. The summed E-state index contributed by atoms with van der Waals surface area (Å²) in [6, 6.07) is 14.2. The number of aryl methyl sites for hydroxylation is 1. The van der Waals surface area contributed by atoms with Gasteiger partial charge in [-0.2, -0.15) is 0 Å².